The molecule has 1 saturated heterocycles. The third kappa shape index (κ3) is 23.1. The van der Waals surface area contributed by atoms with Crippen LogP contribution in [-0.2, 0) is 70.4 Å². The molecule has 1 aliphatic heterocycles. The van der Waals surface area contributed by atoms with Crippen molar-refractivity contribution in [3.63, 3.8) is 0 Å². The van der Waals surface area contributed by atoms with E-state index < -0.39 is 163 Å². The number of carbonyl (C=O) groups excluding carboxylic acids is 10. The molecule has 452 valence electrons. The van der Waals surface area contributed by atoms with Gasteiger partial charge in [-0.25, -0.2) is 9.78 Å². The molecule has 31 nitrogen and oxygen atoms in total. The number of aromatic hydroxyl groups is 1. The van der Waals surface area contributed by atoms with Gasteiger partial charge in [0.25, 0.3) is 0 Å². The van der Waals surface area contributed by atoms with E-state index in [0.717, 1.165) is 0 Å². The summed E-state index contributed by atoms with van der Waals surface area (Å²) in [5.74, 6) is -13.2. The quantitative estimate of drug-likeness (QED) is 0.0176. The molecule has 0 radical (unpaired) electrons. The van der Waals surface area contributed by atoms with Crippen molar-refractivity contribution in [1.29, 1.82) is 0 Å². The maximum absolute atomic E-state index is 14.6. The molecular weight excluding hydrogens is 1080 g/mol. The minimum Gasteiger partial charge on any atom is -0.508 e. The Bertz CT molecular complexity index is 2590. The molecule has 82 heavy (non-hydrogen) atoms. The molecule has 0 aliphatic carbocycles. The highest BCUT2D eigenvalue weighted by molar-refractivity contribution is 5.99. The number of hydrogen-bond donors (Lipinski definition) is 16. The minimum absolute atomic E-state index is 0.00666. The standard InChI is InChI=1S/C51H78N16O15/c1-25(2)19-34(63-42(73)30(52)22-39(54)70)46(77)65-36(21-28-23-57-24-59-28)49(80)67-18-6-8-37(67)48(79)62-31(7-5-17-58-51(55)56)43(74)61-33(14-16-40(71)72)44(75)60-32(13-15-38(53)69)45(76)64-35(20-27-9-11-29(68)12-10-27)47(78)66-41(26(3)4)50(81)82/h9-12,23-26,30-37,41,68H,5-8,13-22,52H2,1-4H3,(H2,53,69)(H2,54,70)(H,57,59)(H,60,75)(H,61,74)(H,62,79)(H,63,73)(H,64,76)(H,65,77)(H,66,78)(H,71,72)(H,81,82)(H4,55,56,58)/t30-,31-,32-,33-,34-,35-,36-,37-,41-/m0/s1. The number of carboxylic acids is 2. The number of phenols is 1. The molecule has 0 saturated carbocycles. The summed E-state index contributed by atoms with van der Waals surface area (Å²) in [7, 11) is 0. The van der Waals surface area contributed by atoms with E-state index in [9.17, 15) is 72.9 Å². The van der Waals surface area contributed by atoms with Gasteiger partial charge in [0.1, 0.15) is 54.1 Å². The first-order valence-electron chi connectivity index (χ1n) is 26.6. The van der Waals surface area contributed by atoms with Crippen LogP contribution in [0.1, 0.15) is 103 Å². The van der Waals surface area contributed by atoms with Crippen LogP contribution in [0.4, 0.5) is 0 Å². The van der Waals surface area contributed by atoms with Gasteiger partial charge in [0.05, 0.1) is 18.8 Å². The largest absolute Gasteiger partial charge is 0.508 e. The molecule has 31 heteroatoms. The second kappa shape index (κ2) is 33.0. The van der Waals surface area contributed by atoms with Crippen molar-refractivity contribution in [2.75, 3.05) is 13.1 Å². The molecule has 10 amide bonds. The van der Waals surface area contributed by atoms with Crippen LogP contribution in [0.5, 0.6) is 5.75 Å². The molecule has 1 fully saturated rings. The average molecular weight is 1160 g/mol. The number of amides is 10. The van der Waals surface area contributed by atoms with E-state index in [1.165, 1.54) is 55.5 Å². The summed E-state index contributed by atoms with van der Waals surface area (Å²) in [6.07, 6.45) is -0.244. The smallest absolute Gasteiger partial charge is 0.326 e. The lowest BCUT2D eigenvalue weighted by atomic mass is 10.0. The van der Waals surface area contributed by atoms with Crippen LogP contribution in [0.15, 0.2) is 41.8 Å². The monoisotopic (exact) mass is 1150 g/mol. The number of aromatic amines is 1. The van der Waals surface area contributed by atoms with E-state index in [1.54, 1.807) is 13.8 Å². The van der Waals surface area contributed by atoms with Crippen LogP contribution in [0, 0.1) is 11.8 Å². The summed E-state index contributed by atoms with van der Waals surface area (Å²) >= 11 is 0. The third-order valence-corrected chi connectivity index (χ3v) is 12.9. The number of carbonyl (C=O) groups is 12. The van der Waals surface area contributed by atoms with Crippen LogP contribution < -0.4 is 65.9 Å². The molecule has 0 bridgehead atoms. The highest BCUT2D eigenvalue weighted by atomic mass is 16.4. The number of carboxylic acid groups (broad SMARTS) is 2. The van der Waals surface area contributed by atoms with Gasteiger partial charge in [-0.15, -0.1) is 0 Å². The number of nitrogens with one attached hydrogen (secondary N) is 8. The van der Waals surface area contributed by atoms with Gasteiger partial charge in [0.2, 0.25) is 59.1 Å². The predicted octanol–water partition coefficient (Wildman–Crippen LogP) is -4.54. The number of rotatable bonds is 35. The Hall–Kier alpha value is -8.90. The fourth-order valence-corrected chi connectivity index (χ4v) is 8.68. The van der Waals surface area contributed by atoms with E-state index in [4.69, 9.17) is 28.7 Å². The van der Waals surface area contributed by atoms with Crippen LogP contribution >= 0.6 is 0 Å². The fourth-order valence-electron chi connectivity index (χ4n) is 8.68. The van der Waals surface area contributed by atoms with E-state index >= 15 is 0 Å². The Morgan fingerprint density at radius 2 is 1.23 bits per heavy atom. The Labute approximate surface area is 472 Å². The predicted molar refractivity (Wildman–Crippen MR) is 291 cm³/mol. The molecule has 0 spiro atoms. The number of benzene rings is 1. The Morgan fingerprint density at radius 1 is 0.683 bits per heavy atom. The number of primary amides is 2. The summed E-state index contributed by atoms with van der Waals surface area (Å²) in [6.45, 7) is 6.58. The van der Waals surface area contributed by atoms with Gasteiger partial charge >= 0.3 is 11.9 Å². The van der Waals surface area contributed by atoms with E-state index in [-0.39, 0.29) is 75.7 Å². The van der Waals surface area contributed by atoms with Gasteiger partial charge in [-0.05, 0) is 74.5 Å². The lowest BCUT2D eigenvalue weighted by Gasteiger charge is -2.31. The molecule has 0 unspecified atom stereocenters. The van der Waals surface area contributed by atoms with Crippen LogP contribution in [0.2, 0.25) is 0 Å². The zero-order chi connectivity index (χ0) is 61.4. The van der Waals surface area contributed by atoms with Crippen LogP contribution in [0.25, 0.3) is 0 Å². The van der Waals surface area contributed by atoms with Crippen molar-refractivity contribution in [3.8, 4) is 5.75 Å². The Kier molecular flexibility index (Phi) is 27.1. The molecule has 9 atom stereocenters. The Morgan fingerprint density at radius 3 is 1.76 bits per heavy atom. The van der Waals surface area contributed by atoms with Crippen LogP contribution in [0.3, 0.4) is 0 Å². The number of nitrogens with zero attached hydrogens (tertiary/aromatic N) is 3. The van der Waals surface area contributed by atoms with Gasteiger partial charge in [-0.3, -0.25) is 57.7 Å². The van der Waals surface area contributed by atoms with E-state index in [0.29, 0.717) is 11.3 Å². The summed E-state index contributed by atoms with van der Waals surface area (Å²) in [5.41, 5.74) is 28.3. The topological polar surface area (TPSA) is 524 Å². The number of H-pyrrole nitrogens is 1. The number of likely N-dealkylation sites (tertiary alicyclic amines) is 1. The van der Waals surface area contributed by atoms with Gasteiger partial charge in [-0.1, -0.05) is 39.8 Å². The van der Waals surface area contributed by atoms with Crippen molar-refractivity contribution >= 4 is 77.0 Å². The van der Waals surface area contributed by atoms with Crippen molar-refractivity contribution in [2.45, 2.75) is 159 Å². The number of guanidine groups is 1. The number of aromatic nitrogens is 2. The van der Waals surface area contributed by atoms with Gasteiger partial charge in [0.15, 0.2) is 5.96 Å². The van der Waals surface area contributed by atoms with Crippen molar-refractivity contribution < 1.29 is 72.9 Å². The van der Waals surface area contributed by atoms with Crippen molar-refractivity contribution in [3.05, 3.63) is 48.0 Å². The third-order valence-electron chi connectivity index (χ3n) is 12.9. The maximum Gasteiger partial charge on any atom is 0.326 e. The van der Waals surface area contributed by atoms with Crippen LogP contribution in [-0.4, -0.2) is 175 Å². The molecule has 21 N–H and O–H groups in total. The lowest BCUT2D eigenvalue weighted by Crippen LogP contribution is -2.60. The number of aliphatic carboxylic acids is 2. The number of aliphatic imine (C=N–C) groups is 1. The molecule has 1 aromatic carbocycles. The minimum atomic E-state index is -1.76. The normalized spacial score (nSPS) is 15.9. The lowest BCUT2D eigenvalue weighted by molar-refractivity contribution is -0.143. The first-order chi connectivity index (χ1) is 38.6. The first-order valence-corrected chi connectivity index (χ1v) is 26.6. The zero-order valence-electron chi connectivity index (χ0n) is 46.2. The summed E-state index contributed by atoms with van der Waals surface area (Å²) in [6, 6.07) is -7.66. The summed E-state index contributed by atoms with van der Waals surface area (Å²) in [5, 5.41) is 46.8. The first kappa shape index (κ1) is 67.4. The van der Waals surface area contributed by atoms with Gasteiger partial charge in [-0.2, -0.15) is 0 Å². The van der Waals surface area contributed by atoms with Crippen molar-refractivity contribution in [2.24, 2.45) is 45.5 Å². The Balaban J connectivity index is 1.96. The second-order valence-corrected chi connectivity index (χ2v) is 20.6. The molecule has 1 aliphatic rings. The number of hydrogen-bond acceptors (Lipinski definition) is 16. The number of phenolic OH excluding ortho intramolecular Hbond substituents is 1. The fraction of sp³-hybridized carbons (Fsp3) is 0.569. The van der Waals surface area contributed by atoms with Crippen molar-refractivity contribution in [1.82, 2.24) is 52.1 Å². The van der Waals surface area contributed by atoms with Gasteiger partial charge in [0, 0.05) is 50.7 Å². The van der Waals surface area contributed by atoms with E-state index in [1.807, 2.05) is 0 Å². The molecule has 2 heterocycles. The SMILES string of the molecule is CC(C)C[C@H](NC(=O)[C@@H](N)CC(N)=O)C(=O)N[C@@H](Cc1cnc[nH]1)C(=O)N1CCC[C@H]1C(=O)N[C@@H](CCCN=C(N)N)C(=O)N[C@@H](CCC(=O)O)C(=O)N[C@@H](CCC(N)=O)C(=O)N[C@@H](Cc1ccc(O)cc1)C(=O)N[C@H](C(=O)O)C(C)C. The number of nitrogens with two attached hydrogens (primary N) is 5. The zero-order valence-corrected chi connectivity index (χ0v) is 46.2. The highest BCUT2D eigenvalue weighted by Gasteiger charge is 2.41. The summed E-state index contributed by atoms with van der Waals surface area (Å²) < 4.78 is 0. The molecule has 2 aromatic rings. The second-order valence-electron chi connectivity index (χ2n) is 20.6. The average Bonchev–Trinajstić information content (AvgIpc) is 4.26. The van der Waals surface area contributed by atoms with Gasteiger partial charge < -0.3 is 91.1 Å². The molecule has 3 rings (SSSR count). The molecule has 1 aromatic heterocycles. The number of imidazole rings is 1. The highest BCUT2D eigenvalue weighted by Crippen LogP contribution is 2.21. The molecular formula is C51H78N16O15. The summed E-state index contributed by atoms with van der Waals surface area (Å²) in [4.78, 5) is 172. The van der Waals surface area contributed by atoms with E-state index in [2.05, 4.69) is 52.2 Å². The maximum atomic E-state index is 14.6.